The number of nitrogens with one attached hydrogen (secondary N) is 2. The van der Waals surface area contributed by atoms with E-state index in [1.807, 2.05) is 54.6 Å². The molecular formula is C25H19FN6O. The number of nitrogens with zero attached hydrogens (tertiary/aromatic N) is 4. The van der Waals surface area contributed by atoms with Crippen molar-refractivity contribution in [3.05, 3.63) is 108 Å². The molecule has 162 valence electrons. The summed E-state index contributed by atoms with van der Waals surface area (Å²) in [5, 5.41) is 10.4. The molecule has 8 heteroatoms. The number of halogens is 1. The molecule has 2 aromatic heterocycles. The maximum atomic E-state index is 13.4. The Labute approximate surface area is 189 Å². The van der Waals surface area contributed by atoms with Crippen molar-refractivity contribution < 1.29 is 9.18 Å². The molecule has 3 aromatic carbocycles. The molecule has 0 aliphatic heterocycles. The Balaban J connectivity index is 1.35. The molecule has 0 radical (unpaired) electrons. The number of fused-ring (bicyclic) bond motifs is 1. The summed E-state index contributed by atoms with van der Waals surface area (Å²) in [6.07, 6.45) is 1.46. The van der Waals surface area contributed by atoms with E-state index in [-0.39, 0.29) is 11.5 Å². The molecule has 1 amide bonds. The molecule has 0 aliphatic carbocycles. The summed E-state index contributed by atoms with van der Waals surface area (Å²) < 4.78 is 15.1. The Morgan fingerprint density at radius 2 is 1.79 bits per heavy atom. The van der Waals surface area contributed by atoms with Gasteiger partial charge < -0.3 is 10.6 Å². The molecule has 2 N–H and O–H groups in total. The molecular weight excluding hydrogens is 419 g/mol. The molecule has 0 unspecified atom stereocenters. The van der Waals surface area contributed by atoms with Crippen LogP contribution in [0.25, 0.3) is 17.0 Å². The van der Waals surface area contributed by atoms with Crippen LogP contribution in [0, 0.1) is 5.82 Å². The SMILES string of the molecule is O=C(Nc1cccc(CNc2cc(-c3ccccc3)nc3ncnn23)c1)c1cccc(F)c1. The average molecular weight is 438 g/mol. The lowest BCUT2D eigenvalue weighted by molar-refractivity contribution is 0.102. The van der Waals surface area contributed by atoms with Gasteiger partial charge in [0.25, 0.3) is 11.7 Å². The van der Waals surface area contributed by atoms with Gasteiger partial charge in [0, 0.05) is 29.4 Å². The van der Waals surface area contributed by atoms with Crippen LogP contribution in [0.15, 0.2) is 91.3 Å². The summed E-state index contributed by atoms with van der Waals surface area (Å²) in [5.41, 5.74) is 3.59. The van der Waals surface area contributed by atoms with Gasteiger partial charge in [-0.3, -0.25) is 4.79 Å². The first kappa shape index (κ1) is 20.3. The topological polar surface area (TPSA) is 84.2 Å². The number of carbonyl (C=O) groups is 1. The van der Waals surface area contributed by atoms with E-state index >= 15 is 0 Å². The first-order valence-electron chi connectivity index (χ1n) is 10.3. The van der Waals surface area contributed by atoms with Gasteiger partial charge in [0.2, 0.25) is 0 Å². The van der Waals surface area contributed by atoms with Crippen molar-refractivity contribution >= 4 is 23.2 Å². The van der Waals surface area contributed by atoms with Crippen molar-refractivity contribution in [3.8, 4) is 11.3 Å². The lowest BCUT2D eigenvalue weighted by Crippen LogP contribution is -2.12. The Morgan fingerprint density at radius 1 is 0.939 bits per heavy atom. The number of benzene rings is 3. The summed E-state index contributed by atoms with van der Waals surface area (Å²) >= 11 is 0. The highest BCUT2D eigenvalue weighted by molar-refractivity contribution is 6.04. The number of aromatic nitrogens is 4. The standard InChI is InChI=1S/C25H19FN6O/c26-20-10-5-9-19(13-20)24(33)30-21-11-4-6-17(12-21)15-27-23-14-22(18-7-2-1-3-8-18)31-25-28-16-29-32(23)25/h1-14,16,27H,15H2,(H,30,33). The highest BCUT2D eigenvalue weighted by Crippen LogP contribution is 2.22. The van der Waals surface area contributed by atoms with Crippen LogP contribution in [0.4, 0.5) is 15.9 Å². The fraction of sp³-hybridized carbons (Fsp3) is 0.0400. The van der Waals surface area contributed by atoms with Crippen LogP contribution >= 0.6 is 0 Å². The maximum Gasteiger partial charge on any atom is 0.255 e. The zero-order valence-electron chi connectivity index (χ0n) is 17.4. The van der Waals surface area contributed by atoms with Crippen LogP contribution in [-0.2, 0) is 6.54 Å². The number of amides is 1. The number of rotatable bonds is 6. The van der Waals surface area contributed by atoms with Crippen molar-refractivity contribution in [1.82, 2.24) is 19.6 Å². The number of anilines is 2. The summed E-state index contributed by atoms with van der Waals surface area (Å²) in [6.45, 7) is 0.483. The van der Waals surface area contributed by atoms with E-state index in [2.05, 4.69) is 25.7 Å². The third kappa shape index (κ3) is 4.54. The minimum Gasteiger partial charge on any atom is -0.366 e. The van der Waals surface area contributed by atoms with Crippen LogP contribution in [0.1, 0.15) is 15.9 Å². The summed E-state index contributed by atoms with van der Waals surface area (Å²) in [7, 11) is 0. The van der Waals surface area contributed by atoms with Crippen LogP contribution in [0.2, 0.25) is 0 Å². The second kappa shape index (κ2) is 8.88. The van der Waals surface area contributed by atoms with Gasteiger partial charge in [0.05, 0.1) is 5.69 Å². The molecule has 33 heavy (non-hydrogen) atoms. The van der Waals surface area contributed by atoms with Crippen LogP contribution in [0.5, 0.6) is 0 Å². The van der Waals surface area contributed by atoms with Gasteiger partial charge in [-0.2, -0.15) is 14.6 Å². The molecule has 5 rings (SSSR count). The fourth-order valence-corrected chi connectivity index (χ4v) is 3.48. The van der Waals surface area contributed by atoms with Gasteiger partial charge in [0.15, 0.2) is 0 Å². The minimum absolute atomic E-state index is 0.261. The van der Waals surface area contributed by atoms with Crippen molar-refractivity contribution in [2.45, 2.75) is 6.54 Å². The molecule has 0 aliphatic rings. The molecule has 0 fully saturated rings. The zero-order chi connectivity index (χ0) is 22.6. The van der Waals surface area contributed by atoms with E-state index in [0.29, 0.717) is 18.0 Å². The molecule has 0 saturated heterocycles. The van der Waals surface area contributed by atoms with E-state index in [9.17, 15) is 9.18 Å². The van der Waals surface area contributed by atoms with Gasteiger partial charge >= 0.3 is 0 Å². The Kier molecular flexibility index (Phi) is 5.47. The van der Waals surface area contributed by atoms with Crippen LogP contribution in [0.3, 0.4) is 0 Å². The van der Waals surface area contributed by atoms with E-state index in [1.54, 1.807) is 16.6 Å². The first-order chi connectivity index (χ1) is 16.2. The van der Waals surface area contributed by atoms with Gasteiger partial charge in [-0.05, 0) is 35.9 Å². The molecule has 2 heterocycles. The first-order valence-corrected chi connectivity index (χ1v) is 10.3. The lowest BCUT2D eigenvalue weighted by atomic mass is 10.1. The van der Waals surface area contributed by atoms with Crippen LogP contribution in [-0.4, -0.2) is 25.5 Å². The van der Waals surface area contributed by atoms with Crippen molar-refractivity contribution in [1.29, 1.82) is 0 Å². The van der Waals surface area contributed by atoms with Gasteiger partial charge in [-0.15, -0.1) is 0 Å². The normalized spacial score (nSPS) is 10.8. The molecule has 5 aromatic rings. The number of hydrogen-bond donors (Lipinski definition) is 2. The van der Waals surface area contributed by atoms with E-state index in [1.165, 1.54) is 24.5 Å². The summed E-state index contributed by atoms with van der Waals surface area (Å²) in [5.74, 6) is 0.415. The maximum absolute atomic E-state index is 13.4. The van der Waals surface area contributed by atoms with E-state index in [4.69, 9.17) is 0 Å². The Morgan fingerprint density at radius 3 is 2.64 bits per heavy atom. The monoisotopic (exact) mass is 438 g/mol. The van der Waals surface area contributed by atoms with E-state index < -0.39 is 5.82 Å². The molecule has 0 bridgehead atoms. The quantitative estimate of drug-likeness (QED) is 0.398. The van der Waals surface area contributed by atoms with Crippen molar-refractivity contribution in [3.63, 3.8) is 0 Å². The predicted molar refractivity (Wildman–Crippen MR) is 124 cm³/mol. The predicted octanol–water partition coefficient (Wildman–Crippen LogP) is 4.79. The smallest absolute Gasteiger partial charge is 0.255 e. The summed E-state index contributed by atoms with van der Waals surface area (Å²) in [6, 6.07) is 24.8. The van der Waals surface area contributed by atoms with Gasteiger partial charge in [0.1, 0.15) is 18.0 Å². The largest absolute Gasteiger partial charge is 0.366 e. The lowest BCUT2D eigenvalue weighted by Gasteiger charge is -2.11. The third-order valence-electron chi connectivity index (χ3n) is 5.07. The van der Waals surface area contributed by atoms with Crippen LogP contribution < -0.4 is 10.6 Å². The molecule has 7 nitrogen and oxygen atoms in total. The number of hydrogen-bond acceptors (Lipinski definition) is 5. The minimum atomic E-state index is -0.452. The van der Waals surface area contributed by atoms with Gasteiger partial charge in [-0.25, -0.2) is 9.37 Å². The highest BCUT2D eigenvalue weighted by Gasteiger charge is 2.10. The highest BCUT2D eigenvalue weighted by atomic mass is 19.1. The van der Waals surface area contributed by atoms with Crippen molar-refractivity contribution in [2.75, 3.05) is 10.6 Å². The fourth-order valence-electron chi connectivity index (χ4n) is 3.48. The number of carbonyl (C=O) groups excluding carboxylic acids is 1. The Hall–Kier alpha value is -4.59. The van der Waals surface area contributed by atoms with E-state index in [0.717, 1.165) is 22.6 Å². The Bertz CT molecular complexity index is 1430. The molecule has 0 spiro atoms. The summed E-state index contributed by atoms with van der Waals surface area (Å²) in [4.78, 5) is 21.2. The zero-order valence-corrected chi connectivity index (χ0v) is 17.4. The molecule has 0 saturated carbocycles. The average Bonchev–Trinajstić information content (AvgIpc) is 3.32. The third-order valence-corrected chi connectivity index (χ3v) is 5.07. The van der Waals surface area contributed by atoms with Gasteiger partial charge in [-0.1, -0.05) is 48.5 Å². The van der Waals surface area contributed by atoms with Crippen molar-refractivity contribution in [2.24, 2.45) is 0 Å². The second-order valence-electron chi connectivity index (χ2n) is 7.38. The molecule has 0 atom stereocenters. The second-order valence-corrected chi connectivity index (χ2v) is 7.38.